The maximum Gasteiger partial charge on any atom is 0.300 e. The van der Waals surface area contributed by atoms with Gasteiger partial charge >= 0.3 is 0 Å². The molecule has 1 fully saturated rings. The van der Waals surface area contributed by atoms with E-state index in [1.807, 2.05) is 18.7 Å². The summed E-state index contributed by atoms with van der Waals surface area (Å²) in [5, 5.41) is 23.9. The number of anilines is 2. The summed E-state index contributed by atoms with van der Waals surface area (Å²) in [5.41, 5.74) is 3.16. The van der Waals surface area contributed by atoms with Crippen LogP contribution in [0, 0.1) is 11.3 Å². The van der Waals surface area contributed by atoms with E-state index in [1.54, 1.807) is 53.4 Å². The summed E-state index contributed by atoms with van der Waals surface area (Å²) in [7, 11) is 0.176. The highest BCUT2D eigenvalue weighted by Gasteiger charge is 2.20. The molecule has 0 atom stereocenters. The lowest BCUT2D eigenvalue weighted by atomic mass is 10.1. The van der Waals surface area contributed by atoms with E-state index in [0.717, 1.165) is 11.1 Å². The quantitative estimate of drug-likeness (QED) is 0.302. The van der Waals surface area contributed by atoms with Gasteiger partial charge in [-0.05, 0) is 52.9 Å². The lowest BCUT2D eigenvalue weighted by Gasteiger charge is -2.27. The molecule has 14 heteroatoms. The van der Waals surface area contributed by atoms with Crippen molar-refractivity contribution in [2.75, 3.05) is 38.7 Å². The normalized spacial score (nSPS) is 13.1. The molecule has 1 saturated heterocycles. The molecule has 2 aromatic carbocycles. The van der Waals surface area contributed by atoms with E-state index in [1.165, 1.54) is 6.33 Å². The molecule has 1 radical (unpaired) electrons. The van der Waals surface area contributed by atoms with Gasteiger partial charge in [0.05, 0.1) is 37.7 Å². The Morgan fingerprint density at radius 3 is 2.62 bits per heavy atom. The van der Waals surface area contributed by atoms with Gasteiger partial charge < -0.3 is 24.1 Å². The maximum atomic E-state index is 12.8. The lowest BCUT2D eigenvalue weighted by molar-refractivity contribution is 0.0302. The number of benzene rings is 2. The van der Waals surface area contributed by atoms with Gasteiger partial charge in [-0.3, -0.25) is 4.79 Å². The van der Waals surface area contributed by atoms with Crippen molar-refractivity contribution in [1.82, 2.24) is 35.1 Å². The monoisotopic (exact) mass is 556 g/mol. The van der Waals surface area contributed by atoms with Crippen molar-refractivity contribution in [3.05, 3.63) is 66.2 Å². The minimum atomic E-state index is -1.37. The molecule has 0 bridgehead atoms. The molecule has 1 aliphatic rings. The summed E-state index contributed by atoms with van der Waals surface area (Å²) in [5.74, 6) is 1.29. The Labute approximate surface area is 232 Å². The van der Waals surface area contributed by atoms with Gasteiger partial charge in [0, 0.05) is 36.6 Å². The molecule has 1 aliphatic heterocycles. The number of ether oxygens (including phenoxy) is 2. The van der Waals surface area contributed by atoms with Crippen molar-refractivity contribution < 1.29 is 18.7 Å². The number of hydrogen-bond acceptors (Lipinski definition) is 11. The number of aromatic nitrogens is 6. The molecular formula is C26H26N9O4Si. The Morgan fingerprint density at radius 2 is 1.93 bits per heavy atom. The number of tetrazole rings is 1. The number of morpholine rings is 1. The molecule has 0 aliphatic carbocycles. The third-order valence-corrected chi connectivity index (χ3v) is 7.48. The van der Waals surface area contributed by atoms with E-state index in [-0.39, 0.29) is 5.91 Å². The molecule has 13 nitrogen and oxygen atoms in total. The number of nitriles is 1. The van der Waals surface area contributed by atoms with Crippen LogP contribution in [-0.2, 0) is 10.9 Å². The summed E-state index contributed by atoms with van der Waals surface area (Å²) >= 11 is 0. The fourth-order valence-electron chi connectivity index (χ4n) is 4.12. The average Bonchev–Trinajstić information content (AvgIpc) is 3.50. The first-order chi connectivity index (χ1) is 19.5. The highest BCUT2D eigenvalue weighted by molar-refractivity contribution is 6.49. The van der Waals surface area contributed by atoms with Crippen molar-refractivity contribution in [2.45, 2.75) is 12.7 Å². The maximum absolute atomic E-state index is 12.8. The summed E-state index contributed by atoms with van der Waals surface area (Å²) in [6.07, 6.45) is 5.42. The van der Waals surface area contributed by atoms with Gasteiger partial charge in [0.1, 0.15) is 23.9 Å². The number of carbonyl (C=O) groups is 1. The average molecular weight is 557 g/mol. The van der Waals surface area contributed by atoms with Gasteiger partial charge in [0.2, 0.25) is 5.95 Å². The number of amides is 1. The van der Waals surface area contributed by atoms with Crippen LogP contribution < -0.4 is 14.5 Å². The van der Waals surface area contributed by atoms with Gasteiger partial charge in [-0.2, -0.15) is 5.26 Å². The van der Waals surface area contributed by atoms with Crippen LogP contribution in [-0.4, -0.2) is 83.4 Å². The highest BCUT2D eigenvalue weighted by Crippen LogP contribution is 2.30. The third kappa shape index (κ3) is 6.22. The number of methoxy groups -OCH3 is 1. The molecular weight excluding hydrogens is 530 g/mol. The van der Waals surface area contributed by atoms with Crippen LogP contribution in [0.15, 0.2) is 55.1 Å². The minimum Gasteiger partial charge on any atom is -0.539 e. The molecule has 0 unspecified atom stereocenters. The van der Waals surface area contributed by atoms with E-state index < -0.39 is 9.04 Å². The fourth-order valence-corrected chi connectivity index (χ4v) is 5.33. The lowest BCUT2D eigenvalue weighted by Crippen LogP contribution is -2.40. The Bertz CT molecular complexity index is 1500. The van der Waals surface area contributed by atoms with Crippen molar-refractivity contribution in [1.29, 1.82) is 5.26 Å². The van der Waals surface area contributed by atoms with Crippen molar-refractivity contribution in [2.24, 2.45) is 0 Å². The molecule has 3 heterocycles. The summed E-state index contributed by atoms with van der Waals surface area (Å²) in [4.78, 5) is 23.5. The second-order valence-electron chi connectivity index (χ2n) is 8.87. The number of rotatable bonds is 9. The smallest absolute Gasteiger partial charge is 0.300 e. The van der Waals surface area contributed by atoms with E-state index in [4.69, 9.17) is 13.9 Å². The fraction of sp³-hybridized carbons (Fsp3) is 0.269. The first-order valence-electron chi connectivity index (χ1n) is 12.4. The van der Waals surface area contributed by atoms with Crippen LogP contribution in [0.25, 0.3) is 11.1 Å². The summed E-state index contributed by atoms with van der Waals surface area (Å²) in [6.45, 7) is 4.18. The largest absolute Gasteiger partial charge is 0.539 e. The molecule has 2 aromatic heterocycles. The molecule has 0 spiro atoms. The Hall–Kier alpha value is -4.87. The SMILES string of the molecule is COc1cc(C(=O)N2CCOCC2)ccc1Nc1ncc(-c2ccc(C#N)c(O[Si](C)Cn3cnnn3)c2)cn1. The number of carbonyl (C=O) groups excluding carboxylic acids is 1. The first kappa shape index (κ1) is 26.7. The topological polar surface area (TPSA) is 153 Å². The molecule has 0 saturated carbocycles. The van der Waals surface area contributed by atoms with E-state index in [9.17, 15) is 10.1 Å². The first-order valence-corrected chi connectivity index (χ1v) is 14.6. The predicted octanol–water partition coefficient (Wildman–Crippen LogP) is 2.47. The van der Waals surface area contributed by atoms with Gasteiger partial charge in [0.15, 0.2) is 0 Å². The molecule has 4 aromatic rings. The van der Waals surface area contributed by atoms with Crippen LogP contribution in [0.4, 0.5) is 11.6 Å². The molecule has 1 N–H and O–H groups in total. The van der Waals surface area contributed by atoms with E-state index >= 15 is 0 Å². The standard InChI is InChI=1S/C26H26N9O4Si/c1-37-24-12-19(25(36)34-7-9-38-10-8-34)5-6-22(24)31-26-28-14-21(15-29-26)18-3-4-20(13-27)23(11-18)39-40(2)17-35-16-30-32-33-35/h3-6,11-12,14-16H,7-10,17H2,1-2H3,(H,28,29,31). The van der Waals surface area contributed by atoms with Crippen LogP contribution in [0.5, 0.6) is 11.5 Å². The van der Waals surface area contributed by atoms with Crippen molar-refractivity contribution in [3.63, 3.8) is 0 Å². The second-order valence-corrected chi connectivity index (χ2v) is 10.8. The summed E-state index contributed by atoms with van der Waals surface area (Å²) in [6, 6.07) is 12.8. The molecule has 5 rings (SSSR count). The minimum absolute atomic E-state index is 0.0636. The Balaban J connectivity index is 1.29. The van der Waals surface area contributed by atoms with Crippen LogP contribution in [0.1, 0.15) is 15.9 Å². The Morgan fingerprint density at radius 1 is 1.12 bits per heavy atom. The van der Waals surface area contributed by atoms with E-state index in [0.29, 0.717) is 66.7 Å². The van der Waals surface area contributed by atoms with Gasteiger partial charge in [-0.1, -0.05) is 6.07 Å². The summed E-state index contributed by atoms with van der Waals surface area (Å²) < 4.78 is 18.6. The molecule has 40 heavy (non-hydrogen) atoms. The molecule has 1 amide bonds. The van der Waals surface area contributed by atoms with Crippen LogP contribution >= 0.6 is 0 Å². The van der Waals surface area contributed by atoms with Gasteiger partial charge in [0.25, 0.3) is 14.9 Å². The second kappa shape index (κ2) is 12.3. The number of nitrogens with zero attached hydrogens (tertiary/aromatic N) is 8. The van der Waals surface area contributed by atoms with E-state index in [2.05, 4.69) is 36.9 Å². The highest BCUT2D eigenvalue weighted by atomic mass is 28.3. The number of hydrogen-bond donors (Lipinski definition) is 1. The third-order valence-electron chi connectivity index (χ3n) is 6.14. The number of nitrogens with one attached hydrogen (secondary N) is 1. The van der Waals surface area contributed by atoms with Gasteiger partial charge in [-0.15, -0.1) is 5.10 Å². The Kier molecular flexibility index (Phi) is 8.23. The van der Waals surface area contributed by atoms with Crippen LogP contribution in [0.2, 0.25) is 6.55 Å². The zero-order valence-electron chi connectivity index (χ0n) is 21.9. The zero-order chi connectivity index (χ0) is 27.9. The van der Waals surface area contributed by atoms with Crippen LogP contribution in [0.3, 0.4) is 0 Å². The van der Waals surface area contributed by atoms with Crippen molar-refractivity contribution in [3.8, 4) is 28.7 Å². The van der Waals surface area contributed by atoms with Gasteiger partial charge in [-0.25, -0.2) is 14.6 Å². The van der Waals surface area contributed by atoms with Crippen molar-refractivity contribution >= 4 is 26.6 Å². The molecule has 203 valence electrons. The predicted molar refractivity (Wildman–Crippen MR) is 145 cm³/mol. The zero-order valence-corrected chi connectivity index (χ0v) is 22.9.